The topological polar surface area (TPSA) is 0 Å². The van der Waals surface area contributed by atoms with E-state index in [0.29, 0.717) is 0 Å². The summed E-state index contributed by atoms with van der Waals surface area (Å²) in [4.78, 5) is 0. The highest BCUT2D eigenvalue weighted by atomic mass is 15.3. The first-order valence-electron chi connectivity index (χ1n) is 6.06. The number of aryl methyl sites for hydroxylation is 1. The number of hydrogen-bond acceptors (Lipinski definition) is 0. The van der Waals surface area contributed by atoms with Crippen LogP contribution in [0.3, 0.4) is 0 Å². The summed E-state index contributed by atoms with van der Waals surface area (Å²) in [5, 5.41) is 0. The molecule has 0 aliphatic rings. The Bertz CT molecular complexity index is 274. The first-order chi connectivity index (χ1) is 7.15. The molecular weight excluding hydrogens is 182 g/mol. The second-order valence-electron chi connectivity index (χ2n) is 4.43. The number of hydrogen-bond donors (Lipinski definition) is 0. The highest BCUT2D eigenvalue weighted by molar-refractivity contribution is 5.20. The minimum Gasteiger partial charge on any atom is -0.321 e. The van der Waals surface area contributed by atoms with Crippen molar-refractivity contribution in [1.82, 2.24) is 0 Å². The molecule has 1 aromatic carbocycles. The summed E-state index contributed by atoms with van der Waals surface area (Å²) in [7, 11) is 0. The fraction of sp³-hybridized carbons (Fsp3) is 0.571. The Kier molecular flexibility index (Phi) is 4.34. The fourth-order valence-electron chi connectivity index (χ4n) is 2.09. The molecular formula is C14H24N+. The highest BCUT2D eigenvalue weighted by Gasteiger charge is 2.20. The van der Waals surface area contributed by atoms with Gasteiger partial charge in [-0.1, -0.05) is 29.8 Å². The number of nitrogens with zero attached hydrogens (tertiary/aromatic N) is 1. The van der Waals surface area contributed by atoms with Gasteiger partial charge in [0, 0.05) is 5.56 Å². The van der Waals surface area contributed by atoms with Crippen LogP contribution in [-0.4, -0.2) is 24.1 Å². The molecule has 0 unspecified atom stereocenters. The van der Waals surface area contributed by atoms with Crippen molar-refractivity contribution in [2.75, 3.05) is 19.6 Å². The zero-order valence-corrected chi connectivity index (χ0v) is 10.6. The summed E-state index contributed by atoms with van der Waals surface area (Å²) >= 11 is 0. The van der Waals surface area contributed by atoms with Crippen LogP contribution >= 0.6 is 0 Å². The smallest absolute Gasteiger partial charge is 0.104 e. The van der Waals surface area contributed by atoms with Gasteiger partial charge >= 0.3 is 0 Å². The number of quaternary nitrogens is 1. The third kappa shape index (κ3) is 3.07. The van der Waals surface area contributed by atoms with Gasteiger partial charge in [0.05, 0.1) is 19.6 Å². The first kappa shape index (κ1) is 12.3. The zero-order chi connectivity index (χ0) is 11.3. The molecule has 0 aromatic heterocycles. The maximum atomic E-state index is 2.29. The molecule has 0 radical (unpaired) electrons. The lowest BCUT2D eigenvalue weighted by atomic mass is 10.1. The second kappa shape index (κ2) is 5.32. The van der Waals surface area contributed by atoms with Gasteiger partial charge in [0.1, 0.15) is 6.54 Å². The summed E-state index contributed by atoms with van der Waals surface area (Å²) in [5.74, 6) is 0. The van der Waals surface area contributed by atoms with Gasteiger partial charge in [-0.15, -0.1) is 0 Å². The zero-order valence-electron chi connectivity index (χ0n) is 10.6. The first-order valence-corrected chi connectivity index (χ1v) is 6.06. The Morgan fingerprint density at radius 3 is 1.73 bits per heavy atom. The van der Waals surface area contributed by atoms with Crippen molar-refractivity contribution in [3.8, 4) is 0 Å². The minimum absolute atomic E-state index is 1.17. The average molecular weight is 206 g/mol. The van der Waals surface area contributed by atoms with Crippen molar-refractivity contribution < 1.29 is 4.48 Å². The van der Waals surface area contributed by atoms with Gasteiger partial charge in [-0.2, -0.15) is 0 Å². The fourth-order valence-corrected chi connectivity index (χ4v) is 2.09. The summed E-state index contributed by atoms with van der Waals surface area (Å²) in [6.07, 6.45) is 0. The van der Waals surface area contributed by atoms with Gasteiger partial charge in [0.15, 0.2) is 0 Å². The van der Waals surface area contributed by atoms with Crippen LogP contribution in [0.4, 0.5) is 0 Å². The van der Waals surface area contributed by atoms with E-state index in [1.165, 1.54) is 41.8 Å². The van der Waals surface area contributed by atoms with Crippen molar-refractivity contribution in [1.29, 1.82) is 0 Å². The average Bonchev–Trinajstić information content (AvgIpc) is 2.29. The van der Waals surface area contributed by atoms with Crippen LogP contribution in [0.2, 0.25) is 0 Å². The SMILES string of the molecule is CC[N+](CC)(CC)Cc1ccc(C)cc1. The van der Waals surface area contributed by atoms with Crippen molar-refractivity contribution in [2.45, 2.75) is 34.2 Å². The van der Waals surface area contributed by atoms with E-state index in [1.807, 2.05) is 0 Å². The van der Waals surface area contributed by atoms with Gasteiger partial charge in [0.25, 0.3) is 0 Å². The standard InChI is InChI=1S/C14H24N/c1-5-15(6-2,7-3)12-14-10-8-13(4)9-11-14/h8-11H,5-7,12H2,1-4H3/q+1. The van der Waals surface area contributed by atoms with Gasteiger partial charge in [0.2, 0.25) is 0 Å². The second-order valence-corrected chi connectivity index (χ2v) is 4.43. The molecule has 0 saturated heterocycles. The van der Waals surface area contributed by atoms with Gasteiger partial charge in [-0.25, -0.2) is 0 Å². The molecule has 0 N–H and O–H groups in total. The number of benzene rings is 1. The molecule has 0 amide bonds. The number of rotatable bonds is 5. The van der Waals surface area contributed by atoms with Crippen molar-refractivity contribution in [3.05, 3.63) is 35.4 Å². The van der Waals surface area contributed by atoms with Crippen LogP contribution in [-0.2, 0) is 6.54 Å². The van der Waals surface area contributed by atoms with E-state index < -0.39 is 0 Å². The van der Waals surface area contributed by atoms with Crippen LogP contribution in [0.5, 0.6) is 0 Å². The predicted octanol–water partition coefficient (Wildman–Crippen LogP) is 3.37. The van der Waals surface area contributed by atoms with Crippen LogP contribution < -0.4 is 0 Å². The lowest BCUT2D eigenvalue weighted by Gasteiger charge is -2.35. The molecule has 0 heterocycles. The molecule has 1 aromatic rings. The van der Waals surface area contributed by atoms with E-state index in [9.17, 15) is 0 Å². The van der Waals surface area contributed by atoms with Crippen molar-refractivity contribution >= 4 is 0 Å². The van der Waals surface area contributed by atoms with Crippen molar-refractivity contribution in [2.24, 2.45) is 0 Å². The summed E-state index contributed by atoms with van der Waals surface area (Å²) in [6, 6.07) is 8.96. The Labute approximate surface area is 94.3 Å². The molecule has 1 heteroatoms. The maximum absolute atomic E-state index is 2.29. The molecule has 0 saturated carbocycles. The monoisotopic (exact) mass is 206 g/mol. The van der Waals surface area contributed by atoms with E-state index in [1.54, 1.807) is 0 Å². The van der Waals surface area contributed by atoms with E-state index in [4.69, 9.17) is 0 Å². The maximum Gasteiger partial charge on any atom is 0.104 e. The lowest BCUT2D eigenvalue weighted by molar-refractivity contribution is -0.936. The van der Waals surface area contributed by atoms with E-state index >= 15 is 0 Å². The molecule has 0 atom stereocenters. The van der Waals surface area contributed by atoms with Crippen LogP contribution in [0.1, 0.15) is 31.9 Å². The van der Waals surface area contributed by atoms with Crippen LogP contribution in [0, 0.1) is 6.92 Å². The Morgan fingerprint density at radius 2 is 1.33 bits per heavy atom. The normalized spacial score (nSPS) is 11.7. The van der Waals surface area contributed by atoms with Gasteiger partial charge in [-0.05, 0) is 27.7 Å². The summed E-state index contributed by atoms with van der Waals surface area (Å²) in [5.41, 5.74) is 2.81. The van der Waals surface area contributed by atoms with Crippen LogP contribution in [0.15, 0.2) is 24.3 Å². The summed E-state index contributed by atoms with van der Waals surface area (Å²) in [6.45, 7) is 13.9. The van der Waals surface area contributed by atoms with E-state index in [0.717, 1.165) is 0 Å². The predicted molar refractivity (Wildman–Crippen MR) is 66.8 cm³/mol. The summed E-state index contributed by atoms with van der Waals surface area (Å²) < 4.78 is 1.20. The molecule has 1 nitrogen and oxygen atoms in total. The van der Waals surface area contributed by atoms with Gasteiger partial charge < -0.3 is 4.48 Å². The lowest BCUT2D eigenvalue weighted by Crippen LogP contribution is -2.46. The molecule has 0 bridgehead atoms. The van der Waals surface area contributed by atoms with Crippen LogP contribution in [0.25, 0.3) is 0 Å². The molecule has 84 valence electrons. The largest absolute Gasteiger partial charge is 0.321 e. The molecule has 0 aliphatic carbocycles. The third-order valence-corrected chi connectivity index (χ3v) is 3.65. The van der Waals surface area contributed by atoms with E-state index in [2.05, 4.69) is 52.0 Å². The molecule has 15 heavy (non-hydrogen) atoms. The molecule has 0 spiro atoms. The minimum atomic E-state index is 1.17. The molecule has 1 rings (SSSR count). The molecule has 0 aliphatic heterocycles. The van der Waals surface area contributed by atoms with E-state index in [-0.39, 0.29) is 0 Å². The highest BCUT2D eigenvalue weighted by Crippen LogP contribution is 2.14. The quantitative estimate of drug-likeness (QED) is 0.648. The third-order valence-electron chi connectivity index (χ3n) is 3.65. The van der Waals surface area contributed by atoms with Gasteiger partial charge in [-0.3, -0.25) is 0 Å². The Morgan fingerprint density at radius 1 is 0.867 bits per heavy atom. The Hall–Kier alpha value is -0.820. The molecule has 0 fully saturated rings. The Balaban J connectivity index is 2.78. The van der Waals surface area contributed by atoms with Crippen molar-refractivity contribution in [3.63, 3.8) is 0 Å².